The lowest BCUT2D eigenvalue weighted by molar-refractivity contribution is 0.317. The van der Waals surface area contributed by atoms with Gasteiger partial charge in [0.15, 0.2) is 0 Å². The molecule has 1 aromatic carbocycles. The maximum Gasteiger partial charge on any atom is 0.262 e. The van der Waals surface area contributed by atoms with E-state index in [9.17, 15) is 4.79 Å². The fourth-order valence-corrected chi connectivity index (χ4v) is 3.30. The van der Waals surface area contributed by atoms with Crippen molar-refractivity contribution < 1.29 is 0 Å². The largest absolute Gasteiger partial charge is 0.322 e. The summed E-state index contributed by atoms with van der Waals surface area (Å²) in [5.41, 5.74) is 6.55. The van der Waals surface area contributed by atoms with Crippen LogP contribution >= 0.6 is 11.6 Å². The minimum Gasteiger partial charge on any atom is -0.322 e. The average Bonchev–Trinajstić information content (AvgIpc) is 2.99. The Labute approximate surface area is 134 Å². The molecule has 0 saturated carbocycles. The van der Waals surface area contributed by atoms with Gasteiger partial charge < -0.3 is 10.6 Å². The third-order valence-corrected chi connectivity index (χ3v) is 4.52. The van der Waals surface area contributed by atoms with Crippen LogP contribution in [-0.4, -0.2) is 34.1 Å². The Bertz CT molecular complexity index is 735. The highest BCUT2D eigenvalue weighted by molar-refractivity contribution is 6.35. The van der Waals surface area contributed by atoms with E-state index in [-0.39, 0.29) is 11.6 Å². The van der Waals surface area contributed by atoms with Crippen LogP contribution < -0.4 is 11.3 Å². The second kappa shape index (κ2) is 6.36. The zero-order chi connectivity index (χ0) is 15.7. The Morgan fingerprint density at radius 1 is 1.32 bits per heavy atom. The van der Waals surface area contributed by atoms with Gasteiger partial charge in [-0.3, -0.25) is 9.36 Å². The molecule has 1 fully saturated rings. The Hall–Kier alpha value is -1.43. The molecule has 0 spiro atoms. The van der Waals surface area contributed by atoms with Gasteiger partial charge in [0, 0.05) is 13.1 Å². The number of fused-ring (bicyclic) bond motifs is 1. The van der Waals surface area contributed by atoms with Crippen molar-refractivity contribution in [2.45, 2.75) is 32.4 Å². The number of hydrogen-bond donors (Lipinski definition) is 1. The first-order chi connectivity index (χ1) is 10.6. The van der Waals surface area contributed by atoms with Crippen molar-refractivity contribution in [1.29, 1.82) is 0 Å². The van der Waals surface area contributed by atoms with Crippen LogP contribution in [0.25, 0.3) is 10.9 Å². The Morgan fingerprint density at radius 3 is 2.73 bits per heavy atom. The van der Waals surface area contributed by atoms with Crippen molar-refractivity contribution in [2.24, 2.45) is 5.73 Å². The summed E-state index contributed by atoms with van der Waals surface area (Å²) in [4.78, 5) is 19.8. The third kappa shape index (κ3) is 2.89. The van der Waals surface area contributed by atoms with Crippen molar-refractivity contribution >= 4 is 22.5 Å². The number of hydrogen-bond acceptors (Lipinski definition) is 4. The summed E-state index contributed by atoms with van der Waals surface area (Å²) in [6.45, 7) is 5.50. The number of rotatable bonds is 4. The van der Waals surface area contributed by atoms with Crippen molar-refractivity contribution in [3.05, 3.63) is 39.4 Å². The van der Waals surface area contributed by atoms with E-state index >= 15 is 0 Å². The molecule has 3 rings (SSSR count). The summed E-state index contributed by atoms with van der Waals surface area (Å²) < 4.78 is 1.69. The number of nitrogens with zero attached hydrogens (tertiary/aromatic N) is 3. The number of likely N-dealkylation sites (tertiary alicyclic amines) is 1. The summed E-state index contributed by atoms with van der Waals surface area (Å²) in [7, 11) is 0. The summed E-state index contributed by atoms with van der Waals surface area (Å²) in [6, 6.07) is 5.04. The molecule has 2 heterocycles. The minimum absolute atomic E-state index is 0.0953. The van der Waals surface area contributed by atoms with Crippen LogP contribution in [0.1, 0.15) is 31.6 Å². The van der Waals surface area contributed by atoms with E-state index in [0.717, 1.165) is 19.6 Å². The van der Waals surface area contributed by atoms with Gasteiger partial charge in [-0.15, -0.1) is 0 Å². The minimum atomic E-state index is -0.297. The van der Waals surface area contributed by atoms with Gasteiger partial charge in [0.25, 0.3) is 5.56 Å². The van der Waals surface area contributed by atoms with E-state index in [1.54, 1.807) is 22.8 Å². The summed E-state index contributed by atoms with van der Waals surface area (Å²) in [6.07, 6.45) is 2.47. The molecule has 1 saturated heterocycles. The lowest BCUT2D eigenvalue weighted by Crippen LogP contribution is -2.33. The predicted octanol–water partition coefficient (Wildman–Crippen LogP) is 2.17. The molecule has 2 aromatic rings. The molecule has 2 N–H and O–H groups in total. The molecular formula is C16H21ClN4O. The standard InChI is InChI=1S/C16H21ClN4O/c1-11(18)15-19-13-6-4-5-12(17)14(13)16(22)21(15)10-9-20-7-2-3-8-20/h4-6,11H,2-3,7-10,18H2,1H3/t11-/m0/s1. The summed E-state index contributed by atoms with van der Waals surface area (Å²) >= 11 is 6.20. The molecule has 0 amide bonds. The maximum absolute atomic E-state index is 12.8. The molecule has 5 nitrogen and oxygen atoms in total. The normalized spacial score (nSPS) is 17.2. The molecule has 0 unspecified atom stereocenters. The fraction of sp³-hybridized carbons (Fsp3) is 0.500. The molecule has 1 aliphatic heterocycles. The van der Waals surface area contributed by atoms with Crippen molar-refractivity contribution in [3.63, 3.8) is 0 Å². The number of halogens is 1. The van der Waals surface area contributed by atoms with Crippen molar-refractivity contribution in [1.82, 2.24) is 14.5 Å². The van der Waals surface area contributed by atoms with Crippen LogP contribution in [0.3, 0.4) is 0 Å². The summed E-state index contributed by atoms with van der Waals surface area (Å²) in [5, 5.41) is 0.927. The Balaban J connectivity index is 2.05. The second-order valence-corrected chi connectivity index (χ2v) is 6.31. The van der Waals surface area contributed by atoms with Crippen LogP contribution in [0.15, 0.2) is 23.0 Å². The molecule has 1 aromatic heterocycles. The van der Waals surface area contributed by atoms with E-state index < -0.39 is 0 Å². The van der Waals surface area contributed by atoms with Gasteiger partial charge in [-0.05, 0) is 45.0 Å². The van der Waals surface area contributed by atoms with Gasteiger partial charge in [0.2, 0.25) is 0 Å². The molecule has 0 radical (unpaired) electrons. The number of benzene rings is 1. The average molecular weight is 321 g/mol. The molecule has 0 bridgehead atoms. The third-order valence-electron chi connectivity index (χ3n) is 4.21. The highest BCUT2D eigenvalue weighted by Crippen LogP contribution is 2.20. The van der Waals surface area contributed by atoms with Gasteiger partial charge >= 0.3 is 0 Å². The SMILES string of the molecule is C[C@H](N)c1nc2cccc(Cl)c2c(=O)n1CCN1CCCC1. The quantitative estimate of drug-likeness (QED) is 0.937. The Kier molecular flexibility index (Phi) is 4.47. The molecule has 22 heavy (non-hydrogen) atoms. The lowest BCUT2D eigenvalue weighted by Gasteiger charge is -2.19. The van der Waals surface area contributed by atoms with Crippen LogP contribution in [0.5, 0.6) is 0 Å². The monoisotopic (exact) mass is 320 g/mol. The number of nitrogens with two attached hydrogens (primary N) is 1. The topological polar surface area (TPSA) is 64.1 Å². The first-order valence-corrected chi connectivity index (χ1v) is 8.12. The first-order valence-electron chi connectivity index (χ1n) is 7.75. The van der Waals surface area contributed by atoms with Gasteiger partial charge in [-0.2, -0.15) is 0 Å². The van der Waals surface area contributed by atoms with Crippen LogP contribution in [0.2, 0.25) is 5.02 Å². The maximum atomic E-state index is 12.8. The van der Waals surface area contributed by atoms with E-state index in [0.29, 0.717) is 28.3 Å². The highest BCUT2D eigenvalue weighted by atomic mass is 35.5. The smallest absolute Gasteiger partial charge is 0.262 e. The van der Waals surface area contributed by atoms with Gasteiger partial charge in [0.1, 0.15) is 5.82 Å². The first kappa shape index (κ1) is 15.5. The molecular weight excluding hydrogens is 300 g/mol. The fourth-order valence-electron chi connectivity index (χ4n) is 3.05. The van der Waals surface area contributed by atoms with Gasteiger partial charge in [-0.25, -0.2) is 4.98 Å². The van der Waals surface area contributed by atoms with Crippen LogP contribution in [0.4, 0.5) is 0 Å². The van der Waals surface area contributed by atoms with E-state index in [4.69, 9.17) is 17.3 Å². The molecule has 6 heteroatoms. The number of aromatic nitrogens is 2. The predicted molar refractivity (Wildman–Crippen MR) is 89.3 cm³/mol. The van der Waals surface area contributed by atoms with E-state index in [1.165, 1.54) is 12.8 Å². The molecule has 1 aliphatic rings. The second-order valence-electron chi connectivity index (χ2n) is 5.90. The zero-order valence-electron chi connectivity index (χ0n) is 12.8. The highest BCUT2D eigenvalue weighted by Gasteiger charge is 2.17. The van der Waals surface area contributed by atoms with Crippen molar-refractivity contribution in [3.8, 4) is 0 Å². The Morgan fingerprint density at radius 2 is 2.05 bits per heavy atom. The van der Waals surface area contributed by atoms with Crippen LogP contribution in [-0.2, 0) is 6.54 Å². The molecule has 1 atom stereocenters. The lowest BCUT2D eigenvalue weighted by atomic mass is 10.2. The van der Waals surface area contributed by atoms with E-state index in [2.05, 4.69) is 9.88 Å². The van der Waals surface area contributed by atoms with Crippen molar-refractivity contribution in [2.75, 3.05) is 19.6 Å². The molecule has 118 valence electrons. The van der Waals surface area contributed by atoms with Gasteiger partial charge in [0.05, 0.1) is 22.0 Å². The molecule has 0 aliphatic carbocycles. The zero-order valence-corrected chi connectivity index (χ0v) is 13.5. The van der Waals surface area contributed by atoms with Gasteiger partial charge in [-0.1, -0.05) is 17.7 Å². The summed E-state index contributed by atoms with van der Waals surface area (Å²) in [5.74, 6) is 0.624. The van der Waals surface area contributed by atoms with Crippen LogP contribution in [0, 0.1) is 0 Å². The van der Waals surface area contributed by atoms with E-state index in [1.807, 2.05) is 6.92 Å².